The maximum Gasteiger partial charge on any atom is 0.280 e. The number of aliphatic hydroxyl groups is 4. The summed E-state index contributed by atoms with van der Waals surface area (Å²) >= 11 is 4.79. The quantitative estimate of drug-likeness (QED) is 0.0199. The minimum atomic E-state index is -1.04. The molecule has 4 saturated heterocycles. The predicted octanol–water partition coefficient (Wildman–Crippen LogP) is 16.3. The second kappa shape index (κ2) is 45.9. The molecule has 0 unspecified atom stereocenters. The van der Waals surface area contributed by atoms with Crippen molar-refractivity contribution in [1.29, 1.82) is 0 Å². The zero-order chi connectivity index (χ0) is 99.4. The van der Waals surface area contributed by atoms with Gasteiger partial charge in [0.25, 0.3) is 47.3 Å². The summed E-state index contributed by atoms with van der Waals surface area (Å²) in [6.45, 7) is 40.8. The molecule has 12 heterocycles. The molecule has 137 heavy (non-hydrogen) atoms. The van der Waals surface area contributed by atoms with E-state index in [1.54, 1.807) is 80.2 Å². The van der Waals surface area contributed by atoms with Crippen molar-refractivity contribution in [1.82, 2.24) is 80.7 Å². The first-order valence-electron chi connectivity index (χ1n) is 48.9. The molecule has 7 aliphatic rings. The fourth-order valence-electron chi connectivity index (χ4n) is 17.4. The van der Waals surface area contributed by atoms with E-state index in [4.69, 9.17) is 0 Å². The van der Waals surface area contributed by atoms with Crippen molar-refractivity contribution in [2.24, 2.45) is 11.8 Å². The Labute approximate surface area is 822 Å². The average molecular weight is 1960 g/mol. The van der Waals surface area contributed by atoms with E-state index >= 15 is 0 Å². The molecule has 15 rings (SSSR count). The highest BCUT2D eigenvalue weighted by Gasteiger charge is 2.39. The molecule has 0 spiro atoms. The van der Waals surface area contributed by atoms with E-state index in [0.717, 1.165) is 151 Å². The first kappa shape index (κ1) is 106. The van der Waals surface area contributed by atoms with Crippen molar-refractivity contribution in [2.75, 3.05) is 73.6 Å². The third-order valence-electron chi connectivity index (χ3n) is 25.8. The van der Waals surface area contributed by atoms with Gasteiger partial charge >= 0.3 is 0 Å². The lowest BCUT2D eigenvalue weighted by Crippen LogP contribution is -2.42. The summed E-state index contributed by atoms with van der Waals surface area (Å²) in [4.78, 5) is 152. The molecule has 4 aliphatic heterocycles. The SMILES string of the molecule is Cc1cc(NC(C)C)ncc1-c1sc(C(=O)NCC(C)(C)O)nc1C(=O)N1CCCC[C@@H]1C.Cc1cc(NC2CCCC2)ncc1-c1sc(C(=O)NCC(C)(C)O)nc1C(=O)N1CCC[C@@H]1C.Cc1cc(N[C@@H](C)C2CC2)ncc1-c1sc(C(=O)NCC(C)(C)O)nc1C(=O)N1CCCC[C@@H]1C.Cc1cc(N[C@@H](C)C2CC2)ncc1-c1sc(C(=O)NCC(C)(C)O)nc1C(=O)N1CCCC[C@@H]1C. The standard InChI is InChI=1S/2C26H37N5O3S.C25H35N5O3S.C24H35N5O3S/c2*1-15-12-20(29-17(3)18-9-10-18)27-13-19(15)22-21(25(33)31-11-7-6-8-16(31)2)30-24(35-22)23(32)28-14-26(4,5)34;1-15-12-19(28-17-9-5-6-10-17)26-13-18(15)21-20(24(32)30-11-7-8-16(30)2)29-23(34-21)22(31)27-14-25(3,4)33;1-14(2)27-18-11-15(3)17(12-25-18)20-19(23(31)29-10-8-7-9-16(29)4)28-22(33-20)21(30)26-13-24(5,6)32/h2*12-13,16-18,34H,6-11,14H2,1-5H3,(H,27,29)(H,28,32);12-13,16-17,33H,5-11,14H2,1-4H3,(H,26,28)(H,27,31);11-12,14,16,32H,7-10,13H2,1-6H3,(H,25,27)(H,26,30)/t2*16-,17-;2*16-/m0000/s1. The summed E-state index contributed by atoms with van der Waals surface area (Å²) in [5.41, 5.74) is 4.10. The van der Waals surface area contributed by atoms with Crippen molar-refractivity contribution in [2.45, 2.75) is 331 Å². The Morgan fingerprint density at radius 1 is 0.350 bits per heavy atom. The third-order valence-corrected chi connectivity index (χ3v) is 30.2. The van der Waals surface area contributed by atoms with Gasteiger partial charge in [-0.2, -0.15) is 0 Å². The number of thiazole rings is 4. The monoisotopic (exact) mass is 1960 g/mol. The van der Waals surface area contributed by atoms with E-state index in [-0.39, 0.29) is 106 Å². The molecule has 0 radical (unpaired) electrons. The Hall–Kier alpha value is -10.1. The summed E-state index contributed by atoms with van der Waals surface area (Å²) in [7, 11) is 0. The van der Waals surface area contributed by atoms with Crippen LogP contribution in [0, 0.1) is 39.5 Å². The number of amides is 8. The lowest BCUT2D eigenvalue weighted by atomic mass is 10.0. The Morgan fingerprint density at radius 3 is 0.825 bits per heavy atom. The molecule has 7 fully saturated rings. The highest BCUT2D eigenvalue weighted by molar-refractivity contribution is 7.18. The van der Waals surface area contributed by atoms with Gasteiger partial charge in [0.1, 0.15) is 46.0 Å². The number of anilines is 4. The van der Waals surface area contributed by atoms with E-state index in [0.29, 0.717) is 92.7 Å². The van der Waals surface area contributed by atoms with Crippen LogP contribution < -0.4 is 42.5 Å². The molecular weight excluding hydrogens is 1810 g/mol. The van der Waals surface area contributed by atoms with E-state index in [1.165, 1.54) is 83.9 Å². The number of nitrogens with zero attached hydrogens (tertiary/aromatic N) is 12. The molecular formula is C101H144N20O12S4. The highest BCUT2D eigenvalue weighted by atomic mass is 32.1. The van der Waals surface area contributed by atoms with Crippen molar-refractivity contribution in [3.05, 3.63) is 114 Å². The number of pyridine rings is 4. The van der Waals surface area contributed by atoms with Crippen LogP contribution in [0.25, 0.3) is 41.8 Å². The van der Waals surface area contributed by atoms with Gasteiger partial charge in [0.2, 0.25) is 0 Å². The summed E-state index contributed by atoms with van der Waals surface area (Å²) < 4.78 is 0. The average Bonchev–Trinajstić information content (AvgIpc) is 1.64. The van der Waals surface area contributed by atoms with Gasteiger partial charge in [0, 0.05) is 148 Å². The Morgan fingerprint density at radius 2 is 0.591 bits per heavy atom. The molecule has 8 amide bonds. The first-order valence-corrected chi connectivity index (χ1v) is 52.1. The Kier molecular flexibility index (Phi) is 35.4. The van der Waals surface area contributed by atoms with Crippen LogP contribution in [0.2, 0.25) is 0 Å². The van der Waals surface area contributed by atoms with Crippen LogP contribution >= 0.6 is 45.3 Å². The lowest BCUT2D eigenvalue weighted by Gasteiger charge is -2.33. The molecule has 6 atom stereocenters. The number of hydrogen-bond acceptors (Lipinski definition) is 28. The Bertz CT molecular complexity index is 5420. The summed E-state index contributed by atoms with van der Waals surface area (Å²) in [5, 5.41) is 65.4. The minimum absolute atomic E-state index is 0.0866. The van der Waals surface area contributed by atoms with Crippen molar-refractivity contribution >= 4 is 116 Å². The van der Waals surface area contributed by atoms with Gasteiger partial charge in [-0.25, -0.2) is 39.9 Å². The number of aromatic nitrogens is 8. The molecule has 12 N–H and O–H groups in total. The van der Waals surface area contributed by atoms with Gasteiger partial charge in [-0.05, 0) is 306 Å². The summed E-state index contributed by atoms with van der Waals surface area (Å²) in [6, 6.07) is 9.95. The van der Waals surface area contributed by atoms with Crippen LogP contribution in [0.4, 0.5) is 23.3 Å². The molecule has 744 valence electrons. The maximum absolute atomic E-state index is 13.6. The highest BCUT2D eigenvalue weighted by Crippen LogP contribution is 2.43. The van der Waals surface area contributed by atoms with Gasteiger partial charge in [0.05, 0.1) is 41.9 Å². The maximum atomic E-state index is 13.6. The third kappa shape index (κ3) is 29.1. The molecule has 0 aromatic carbocycles. The van der Waals surface area contributed by atoms with Crippen LogP contribution in [-0.2, 0) is 0 Å². The van der Waals surface area contributed by atoms with E-state index in [9.17, 15) is 58.8 Å². The first-order chi connectivity index (χ1) is 64.6. The van der Waals surface area contributed by atoms with Crippen LogP contribution in [0.5, 0.6) is 0 Å². The largest absolute Gasteiger partial charge is 0.389 e. The molecule has 0 bridgehead atoms. The number of carbonyl (C=O) groups excluding carboxylic acids is 8. The van der Waals surface area contributed by atoms with Crippen molar-refractivity contribution in [3.8, 4) is 41.8 Å². The normalized spacial score (nSPS) is 18.6. The number of piperidine rings is 3. The van der Waals surface area contributed by atoms with Crippen LogP contribution in [0.1, 0.15) is 336 Å². The van der Waals surface area contributed by atoms with Gasteiger partial charge in [0.15, 0.2) is 20.0 Å². The van der Waals surface area contributed by atoms with E-state index in [2.05, 4.69) is 117 Å². The molecule has 3 saturated carbocycles. The predicted molar refractivity (Wildman–Crippen MR) is 544 cm³/mol. The fraction of sp³-hybridized carbons (Fsp3) is 0.604. The molecule has 8 aromatic rings. The number of likely N-dealkylation sites (tertiary alicyclic amines) is 4. The minimum Gasteiger partial charge on any atom is -0.389 e. The fourth-order valence-corrected chi connectivity index (χ4v) is 21.6. The second-order valence-electron chi connectivity index (χ2n) is 41.3. The topological polar surface area (TPSA) is 430 Å². The zero-order valence-electron chi connectivity index (χ0n) is 83.5. The molecule has 8 aromatic heterocycles. The Balaban J connectivity index is 0.000000164. The van der Waals surface area contributed by atoms with Gasteiger partial charge < -0.3 is 82.6 Å². The zero-order valence-corrected chi connectivity index (χ0v) is 86.8. The number of carbonyl (C=O) groups is 8. The number of rotatable bonds is 30. The number of nitrogens with one attached hydrogen (secondary N) is 8. The molecule has 3 aliphatic carbocycles. The lowest BCUT2D eigenvalue weighted by molar-refractivity contribution is 0.0622. The van der Waals surface area contributed by atoms with Gasteiger partial charge in [-0.1, -0.05) is 12.8 Å². The molecule has 32 nitrogen and oxygen atoms in total. The number of aryl methyl sites for hydroxylation is 4. The van der Waals surface area contributed by atoms with Crippen molar-refractivity contribution < 1.29 is 58.8 Å². The van der Waals surface area contributed by atoms with E-state index in [1.807, 2.05) is 92.3 Å². The molecule has 36 heteroatoms. The summed E-state index contributed by atoms with van der Waals surface area (Å²) in [5.74, 6) is 2.46. The summed E-state index contributed by atoms with van der Waals surface area (Å²) in [6.07, 6.45) is 27.9. The van der Waals surface area contributed by atoms with Crippen LogP contribution in [0.3, 0.4) is 0 Å². The van der Waals surface area contributed by atoms with Crippen molar-refractivity contribution in [3.63, 3.8) is 0 Å². The second-order valence-corrected chi connectivity index (χ2v) is 45.3. The van der Waals surface area contributed by atoms with Gasteiger partial charge in [-0.15, -0.1) is 45.3 Å². The van der Waals surface area contributed by atoms with E-state index < -0.39 is 46.0 Å². The van der Waals surface area contributed by atoms with Crippen LogP contribution in [-0.4, -0.2) is 250 Å². The van der Waals surface area contributed by atoms with Gasteiger partial charge in [-0.3, -0.25) is 38.4 Å². The number of hydrogen-bond donors (Lipinski definition) is 12. The smallest absolute Gasteiger partial charge is 0.280 e. The van der Waals surface area contributed by atoms with Crippen LogP contribution in [0.15, 0.2) is 49.1 Å².